The Morgan fingerprint density at radius 3 is 2.71 bits per heavy atom. The molecule has 4 rings (SSSR count). The molecule has 0 bridgehead atoms. The van der Waals surface area contributed by atoms with Gasteiger partial charge in [-0.15, -0.1) is 4.40 Å². The van der Waals surface area contributed by atoms with Crippen molar-refractivity contribution in [2.24, 2.45) is 4.40 Å². The second kappa shape index (κ2) is 7.56. The van der Waals surface area contributed by atoms with E-state index in [0.29, 0.717) is 24.5 Å². The van der Waals surface area contributed by atoms with Crippen molar-refractivity contribution < 1.29 is 17.9 Å². The molecule has 0 N–H and O–H groups in total. The summed E-state index contributed by atoms with van der Waals surface area (Å²) < 4.78 is 34.7. The molecule has 6 nitrogen and oxygen atoms in total. The third-order valence-electron chi connectivity index (χ3n) is 4.87. The molecule has 0 unspecified atom stereocenters. The summed E-state index contributed by atoms with van der Waals surface area (Å²) in [4.78, 5) is 14.4. The number of rotatable bonds is 3. The molecule has 146 valence electrons. The van der Waals surface area contributed by atoms with Crippen LogP contribution in [0.2, 0.25) is 5.02 Å². The van der Waals surface area contributed by atoms with Crippen LogP contribution in [0.5, 0.6) is 0 Å². The summed E-state index contributed by atoms with van der Waals surface area (Å²) in [5.41, 5.74) is 1.33. The zero-order valence-electron chi connectivity index (χ0n) is 15.1. The number of fused-ring (bicyclic) bond motifs is 3. The van der Waals surface area contributed by atoms with E-state index in [4.69, 9.17) is 16.3 Å². The predicted octanol–water partition coefficient (Wildman–Crippen LogP) is 4.18. The van der Waals surface area contributed by atoms with Gasteiger partial charge in [0.15, 0.2) is 0 Å². The quantitative estimate of drug-likeness (QED) is 0.699. The van der Waals surface area contributed by atoms with Crippen LogP contribution in [0, 0.1) is 0 Å². The number of hydrogen-bond donors (Lipinski definition) is 0. The van der Waals surface area contributed by atoms with Crippen LogP contribution in [-0.2, 0) is 21.4 Å². The monoisotopic (exact) mass is 418 g/mol. The maximum atomic E-state index is 12.7. The number of hydrogen-bond acceptors (Lipinski definition) is 5. The Hall–Kier alpha value is -2.38. The predicted molar refractivity (Wildman–Crippen MR) is 107 cm³/mol. The summed E-state index contributed by atoms with van der Waals surface area (Å²) in [7, 11) is -3.89. The van der Waals surface area contributed by atoms with Gasteiger partial charge in [0, 0.05) is 13.0 Å². The number of carbonyl (C=O) groups is 1. The molecule has 2 aromatic carbocycles. The highest BCUT2D eigenvalue weighted by atomic mass is 35.5. The normalized spacial score (nSPS) is 17.8. The van der Waals surface area contributed by atoms with Gasteiger partial charge in [-0.2, -0.15) is 8.42 Å². The van der Waals surface area contributed by atoms with E-state index in [0.717, 1.165) is 24.8 Å². The SMILES string of the molecule is O=C(OCc1ccccc1)c1cc2c(cc1Cl)N1CCCCCC1=NS2(=O)=O. The Bertz CT molecular complexity index is 1050. The molecule has 0 atom stereocenters. The lowest BCUT2D eigenvalue weighted by Gasteiger charge is -2.30. The number of sulfonamides is 1. The van der Waals surface area contributed by atoms with Gasteiger partial charge in [-0.05, 0) is 30.5 Å². The summed E-state index contributed by atoms with van der Waals surface area (Å²) >= 11 is 6.34. The minimum atomic E-state index is -3.89. The molecule has 2 aliphatic heterocycles. The van der Waals surface area contributed by atoms with Gasteiger partial charge in [0.05, 0.1) is 16.3 Å². The Balaban J connectivity index is 1.67. The van der Waals surface area contributed by atoms with Crippen LogP contribution < -0.4 is 4.90 Å². The molecular weight excluding hydrogens is 400 g/mol. The van der Waals surface area contributed by atoms with Crippen molar-refractivity contribution in [3.05, 3.63) is 58.6 Å². The van der Waals surface area contributed by atoms with Crippen LogP contribution in [0.25, 0.3) is 0 Å². The Kier molecular flexibility index (Phi) is 5.12. The van der Waals surface area contributed by atoms with E-state index in [2.05, 4.69) is 4.40 Å². The second-order valence-electron chi connectivity index (χ2n) is 6.81. The number of amidine groups is 1. The summed E-state index contributed by atoms with van der Waals surface area (Å²) in [6.45, 7) is 0.754. The van der Waals surface area contributed by atoms with Crippen LogP contribution in [0.3, 0.4) is 0 Å². The van der Waals surface area contributed by atoms with Gasteiger partial charge in [-0.3, -0.25) is 0 Å². The average molecular weight is 419 g/mol. The van der Waals surface area contributed by atoms with Crippen LogP contribution in [0.15, 0.2) is 51.8 Å². The van der Waals surface area contributed by atoms with Gasteiger partial charge >= 0.3 is 5.97 Å². The first kappa shape index (κ1) is 19.0. The maximum Gasteiger partial charge on any atom is 0.340 e. The first-order valence-electron chi connectivity index (χ1n) is 9.12. The lowest BCUT2D eigenvalue weighted by molar-refractivity contribution is 0.0472. The number of anilines is 1. The van der Waals surface area contributed by atoms with Crippen molar-refractivity contribution in [1.29, 1.82) is 0 Å². The zero-order valence-corrected chi connectivity index (χ0v) is 16.7. The third-order valence-corrected chi connectivity index (χ3v) is 6.52. The minimum Gasteiger partial charge on any atom is -0.457 e. The van der Waals surface area contributed by atoms with E-state index in [1.165, 1.54) is 12.1 Å². The average Bonchev–Trinajstić information content (AvgIpc) is 2.91. The minimum absolute atomic E-state index is 0.00536. The molecule has 2 aromatic rings. The first-order valence-corrected chi connectivity index (χ1v) is 10.9. The Morgan fingerprint density at radius 1 is 1.14 bits per heavy atom. The number of ether oxygens (including phenoxy) is 1. The molecule has 0 amide bonds. The van der Waals surface area contributed by atoms with Gasteiger partial charge in [0.2, 0.25) is 0 Å². The molecule has 0 aromatic heterocycles. The molecule has 1 fully saturated rings. The molecular formula is C20H19ClN2O4S. The summed E-state index contributed by atoms with van der Waals surface area (Å²) in [5.74, 6) is -0.127. The maximum absolute atomic E-state index is 12.7. The van der Waals surface area contributed by atoms with Crippen LogP contribution in [-0.4, -0.2) is 26.8 Å². The molecule has 28 heavy (non-hydrogen) atoms. The molecule has 0 aliphatic carbocycles. The Morgan fingerprint density at radius 2 is 1.93 bits per heavy atom. The summed E-state index contributed by atoms with van der Waals surface area (Å²) in [6.07, 6.45) is 3.47. The van der Waals surface area contributed by atoms with Crippen molar-refractivity contribution >= 4 is 39.1 Å². The number of halogens is 1. The van der Waals surface area contributed by atoms with Crippen molar-refractivity contribution in [3.63, 3.8) is 0 Å². The Labute approximate surface area is 168 Å². The summed E-state index contributed by atoms with van der Waals surface area (Å²) in [6, 6.07) is 12.0. The zero-order chi connectivity index (χ0) is 19.7. The number of carbonyl (C=O) groups excluding carboxylic acids is 1. The molecule has 8 heteroatoms. The van der Waals surface area contributed by atoms with Crippen LogP contribution in [0.1, 0.15) is 41.6 Å². The van der Waals surface area contributed by atoms with Crippen molar-refractivity contribution in [1.82, 2.24) is 0 Å². The molecule has 0 spiro atoms. The highest BCUT2D eigenvalue weighted by Gasteiger charge is 2.33. The van der Waals surface area contributed by atoms with Gasteiger partial charge in [0.1, 0.15) is 17.3 Å². The smallest absolute Gasteiger partial charge is 0.340 e. The van der Waals surface area contributed by atoms with Gasteiger partial charge in [-0.1, -0.05) is 48.4 Å². The van der Waals surface area contributed by atoms with Crippen LogP contribution >= 0.6 is 11.6 Å². The van der Waals surface area contributed by atoms with Gasteiger partial charge in [0.25, 0.3) is 10.0 Å². The molecule has 2 heterocycles. The van der Waals surface area contributed by atoms with Gasteiger partial charge in [-0.25, -0.2) is 4.79 Å². The fourth-order valence-corrected chi connectivity index (χ4v) is 4.95. The topological polar surface area (TPSA) is 76.0 Å². The fraction of sp³-hybridized carbons (Fsp3) is 0.300. The highest BCUT2D eigenvalue weighted by molar-refractivity contribution is 7.90. The van der Waals surface area contributed by atoms with E-state index >= 15 is 0 Å². The van der Waals surface area contributed by atoms with Crippen molar-refractivity contribution in [3.8, 4) is 0 Å². The summed E-state index contributed by atoms with van der Waals surface area (Å²) in [5, 5.41) is 0.164. The van der Waals surface area contributed by atoms with Crippen molar-refractivity contribution in [2.75, 3.05) is 11.4 Å². The fourth-order valence-electron chi connectivity index (χ4n) is 3.45. The van der Waals surface area contributed by atoms with Crippen molar-refractivity contribution in [2.45, 2.75) is 37.2 Å². The van der Waals surface area contributed by atoms with E-state index < -0.39 is 16.0 Å². The highest BCUT2D eigenvalue weighted by Crippen LogP contribution is 2.38. The van der Waals surface area contributed by atoms with E-state index in [-0.39, 0.29) is 22.1 Å². The van der Waals surface area contributed by atoms with E-state index in [1.54, 1.807) is 0 Å². The number of benzene rings is 2. The number of nitrogens with zero attached hydrogens (tertiary/aromatic N) is 2. The molecule has 0 radical (unpaired) electrons. The molecule has 1 saturated heterocycles. The second-order valence-corrected chi connectivity index (χ2v) is 8.79. The lowest BCUT2D eigenvalue weighted by Crippen LogP contribution is -2.35. The third kappa shape index (κ3) is 3.64. The molecule has 0 saturated carbocycles. The number of esters is 1. The standard InChI is InChI=1S/C20H19ClN2O4S/c21-16-12-17-18(28(25,26)22-19-9-5-2-6-10-23(17)19)11-15(16)20(24)27-13-14-7-3-1-4-8-14/h1,3-4,7-8,11-12H,2,5-6,9-10,13H2. The van der Waals surface area contributed by atoms with E-state index in [9.17, 15) is 13.2 Å². The largest absolute Gasteiger partial charge is 0.457 e. The van der Waals surface area contributed by atoms with E-state index in [1.807, 2.05) is 35.2 Å². The first-order chi connectivity index (χ1) is 13.5. The van der Waals surface area contributed by atoms with Gasteiger partial charge < -0.3 is 9.64 Å². The molecule has 2 aliphatic rings. The van der Waals surface area contributed by atoms with Crippen LogP contribution in [0.4, 0.5) is 5.69 Å². The lowest BCUT2D eigenvalue weighted by atomic mass is 10.1.